The number of carbonyl (C=O) groups is 1. The van der Waals surface area contributed by atoms with Gasteiger partial charge in [-0.05, 0) is 31.4 Å². The van der Waals surface area contributed by atoms with Crippen LogP contribution in [0.4, 0.5) is 4.39 Å². The first-order chi connectivity index (χ1) is 13.2. The van der Waals surface area contributed by atoms with Crippen LogP contribution in [0.3, 0.4) is 0 Å². The zero-order valence-corrected chi connectivity index (χ0v) is 15.1. The van der Waals surface area contributed by atoms with E-state index in [2.05, 4.69) is 5.10 Å². The van der Waals surface area contributed by atoms with Gasteiger partial charge in [0.1, 0.15) is 11.5 Å². The molecular weight excluding hydrogens is 349 g/mol. The van der Waals surface area contributed by atoms with Crippen molar-refractivity contribution in [1.29, 1.82) is 0 Å². The van der Waals surface area contributed by atoms with Crippen LogP contribution >= 0.6 is 0 Å². The minimum absolute atomic E-state index is 0.0731. The molecule has 2 saturated heterocycles. The molecule has 7 heteroatoms. The van der Waals surface area contributed by atoms with Gasteiger partial charge in [0.05, 0.1) is 13.2 Å². The Labute approximate surface area is 156 Å². The zero-order valence-electron chi connectivity index (χ0n) is 15.1. The number of para-hydroxylation sites is 1. The number of benzene rings is 1. The summed E-state index contributed by atoms with van der Waals surface area (Å²) in [4.78, 5) is 15.0. The number of amides is 1. The maximum atomic E-state index is 14.3. The van der Waals surface area contributed by atoms with E-state index < -0.39 is 5.79 Å². The van der Waals surface area contributed by atoms with Crippen LogP contribution in [0.25, 0.3) is 5.69 Å². The van der Waals surface area contributed by atoms with Crippen LogP contribution in [-0.4, -0.2) is 52.7 Å². The lowest BCUT2D eigenvalue weighted by Gasteiger charge is -2.37. The average Bonchev–Trinajstić information content (AvgIpc) is 3.40. The summed E-state index contributed by atoms with van der Waals surface area (Å²) in [5.74, 6) is -0.911. The van der Waals surface area contributed by atoms with Crippen LogP contribution in [0.15, 0.2) is 24.3 Å². The van der Waals surface area contributed by atoms with Crippen molar-refractivity contribution in [2.24, 2.45) is 0 Å². The van der Waals surface area contributed by atoms with E-state index in [1.54, 1.807) is 22.9 Å². The van der Waals surface area contributed by atoms with Gasteiger partial charge in [0, 0.05) is 37.2 Å². The van der Waals surface area contributed by atoms with Gasteiger partial charge in [-0.2, -0.15) is 5.10 Å². The number of fused-ring (bicyclic) bond motifs is 1. The third-order valence-corrected chi connectivity index (χ3v) is 5.84. The minimum Gasteiger partial charge on any atom is -0.347 e. The van der Waals surface area contributed by atoms with E-state index >= 15 is 0 Å². The number of nitrogens with zero attached hydrogens (tertiary/aromatic N) is 3. The molecule has 1 aromatic carbocycles. The summed E-state index contributed by atoms with van der Waals surface area (Å²) in [6, 6.07) is 6.57. The first-order valence-corrected chi connectivity index (χ1v) is 9.60. The van der Waals surface area contributed by atoms with Crippen molar-refractivity contribution in [2.45, 2.75) is 37.9 Å². The molecule has 1 amide bonds. The van der Waals surface area contributed by atoms with Gasteiger partial charge in [0.25, 0.3) is 5.91 Å². The first kappa shape index (κ1) is 16.9. The number of hydrogen-bond acceptors (Lipinski definition) is 4. The fourth-order valence-corrected chi connectivity index (χ4v) is 4.42. The third-order valence-electron chi connectivity index (χ3n) is 5.84. The van der Waals surface area contributed by atoms with E-state index in [-0.39, 0.29) is 11.7 Å². The van der Waals surface area contributed by atoms with Crippen molar-refractivity contribution in [3.8, 4) is 5.69 Å². The Morgan fingerprint density at radius 1 is 1.11 bits per heavy atom. The summed E-state index contributed by atoms with van der Waals surface area (Å²) in [6.45, 7) is 2.41. The molecule has 2 aromatic rings. The minimum atomic E-state index is -0.509. The third kappa shape index (κ3) is 2.76. The highest BCUT2D eigenvalue weighted by Crippen LogP contribution is 2.33. The monoisotopic (exact) mass is 371 g/mol. The molecule has 0 bridgehead atoms. The Kier molecular flexibility index (Phi) is 4.02. The molecule has 0 N–H and O–H groups in total. The molecule has 3 heterocycles. The smallest absolute Gasteiger partial charge is 0.274 e. The second-order valence-corrected chi connectivity index (χ2v) is 7.39. The van der Waals surface area contributed by atoms with Crippen LogP contribution in [0.2, 0.25) is 0 Å². The highest BCUT2D eigenvalue weighted by atomic mass is 19.1. The molecule has 1 aliphatic carbocycles. The second kappa shape index (κ2) is 6.42. The van der Waals surface area contributed by atoms with Gasteiger partial charge in [-0.25, -0.2) is 9.07 Å². The largest absolute Gasteiger partial charge is 0.347 e. The number of halogens is 1. The Hall–Kier alpha value is -2.25. The van der Waals surface area contributed by atoms with Crippen molar-refractivity contribution in [2.75, 3.05) is 26.3 Å². The van der Waals surface area contributed by atoms with E-state index in [0.29, 0.717) is 50.5 Å². The Bertz CT molecular complexity index is 879. The maximum absolute atomic E-state index is 14.3. The van der Waals surface area contributed by atoms with Gasteiger partial charge in [0.15, 0.2) is 11.5 Å². The molecule has 0 saturated carbocycles. The predicted octanol–water partition coefficient (Wildman–Crippen LogP) is 2.48. The number of aromatic nitrogens is 2. The lowest BCUT2D eigenvalue weighted by Crippen LogP contribution is -2.47. The highest BCUT2D eigenvalue weighted by molar-refractivity contribution is 5.94. The van der Waals surface area contributed by atoms with E-state index in [0.717, 1.165) is 30.5 Å². The molecule has 0 radical (unpaired) electrons. The van der Waals surface area contributed by atoms with Crippen molar-refractivity contribution in [3.05, 3.63) is 47.0 Å². The van der Waals surface area contributed by atoms with Crippen molar-refractivity contribution in [3.63, 3.8) is 0 Å². The molecule has 142 valence electrons. The zero-order chi connectivity index (χ0) is 18.4. The number of carbonyl (C=O) groups excluding carboxylic acids is 1. The molecule has 27 heavy (non-hydrogen) atoms. The van der Waals surface area contributed by atoms with E-state index in [9.17, 15) is 9.18 Å². The van der Waals surface area contributed by atoms with Gasteiger partial charge >= 0.3 is 0 Å². The SMILES string of the molecule is O=C(c1nn(-c2ccccc2F)c2c1CCC2)N1CCC2(CC1)OCCO2. The number of hydrogen-bond donors (Lipinski definition) is 0. The molecule has 2 aliphatic heterocycles. The van der Waals surface area contributed by atoms with Gasteiger partial charge in [-0.1, -0.05) is 12.1 Å². The molecular formula is C20H22FN3O3. The molecule has 3 aliphatic rings. The fraction of sp³-hybridized carbons (Fsp3) is 0.500. The van der Waals surface area contributed by atoms with Crippen molar-refractivity contribution >= 4 is 5.91 Å². The Morgan fingerprint density at radius 3 is 2.59 bits per heavy atom. The molecule has 5 rings (SSSR count). The molecule has 6 nitrogen and oxygen atoms in total. The standard InChI is InChI=1S/C20H22FN3O3/c21-15-5-1-2-6-17(15)24-16-7-3-4-14(16)18(22-24)19(25)23-10-8-20(9-11-23)26-12-13-27-20/h1-2,5-6H,3-4,7-13H2. The Balaban J connectivity index is 1.43. The quantitative estimate of drug-likeness (QED) is 0.814. The van der Waals surface area contributed by atoms with Crippen LogP contribution < -0.4 is 0 Å². The van der Waals surface area contributed by atoms with Crippen LogP contribution in [-0.2, 0) is 22.3 Å². The first-order valence-electron chi connectivity index (χ1n) is 9.60. The Morgan fingerprint density at radius 2 is 1.85 bits per heavy atom. The summed E-state index contributed by atoms with van der Waals surface area (Å²) in [7, 11) is 0. The molecule has 2 fully saturated rings. The highest BCUT2D eigenvalue weighted by Gasteiger charge is 2.41. The lowest BCUT2D eigenvalue weighted by molar-refractivity contribution is -0.181. The second-order valence-electron chi connectivity index (χ2n) is 7.39. The van der Waals surface area contributed by atoms with E-state index in [4.69, 9.17) is 9.47 Å². The number of ether oxygens (including phenoxy) is 2. The summed E-state index contributed by atoms with van der Waals surface area (Å²) < 4.78 is 27.4. The van der Waals surface area contributed by atoms with Crippen LogP contribution in [0.1, 0.15) is 41.0 Å². The summed E-state index contributed by atoms with van der Waals surface area (Å²) in [5, 5.41) is 4.55. The fourth-order valence-electron chi connectivity index (χ4n) is 4.42. The lowest BCUT2D eigenvalue weighted by atomic mass is 10.0. The van der Waals surface area contributed by atoms with Gasteiger partial charge in [0.2, 0.25) is 0 Å². The predicted molar refractivity (Wildman–Crippen MR) is 95.3 cm³/mol. The van der Waals surface area contributed by atoms with Gasteiger partial charge in [-0.15, -0.1) is 0 Å². The van der Waals surface area contributed by atoms with Gasteiger partial charge in [-0.3, -0.25) is 4.79 Å². The van der Waals surface area contributed by atoms with Crippen molar-refractivity contribution < 1.29 is 18.7 Å². The molecule has 0 atom stereocenters. The van der Waals surface area contributed by atoms with E-state index in [1.165, 1.54) is 6.07 Å². The summed E-state index contributed by atoms with van der Waals surface area (Å²) >= 11 is 0. The maximum Gasteiger partial charge on any atom is 0.274 e. The van der Waals surface area contributed by atoms with Gasteiger partial charge < -0.3 is 14.4 Å². The normalized spacial score (nSPS) is 21.0. The molecule has 1 spiro atoms. The van der Waals surface area contributed by atoms with Crippen molar-refractivity contribution in [1.82, 2.24) is 14.7 Å². The number of rotatable bonds is 2. The number of likely N-dealkylation sites (tertiary alicyclic amines) is 1. The molecule has 1 aromatic heterocycles. The number of piperidine rings is 1. The van der Waals surface area contributed by atoms with Crippen LogP contribution in [0, 0.1) is 5.82 Å². The summed E-state index contributed by atoms with van der Waals surface area (Å²) in [6.07, 6.45) is 3.94. The average molecular weight is 371 g/mol. The van der Waals surface area contributed by atoms with Crippen LogP contribution in [0.5, 0.6) is 0 Å². The topological polar surface area (TPSA) is 56.6 Å². The molecule has 0 unspecified atom stereocenters. The summed E-state index contributed by atoms with van der Waals surface area (Å²) in [5.41, 5.74) is 2.80. The van der Waals surface area contributed by atoms with E-state index in [1.807, 2.05) is 4.90 Å².